The van der Waals surface area contributed by atoms with Crippen LogP contribution in [0.4, 0.5) is 0 Å². The number of thiophene rings is 1. The number of halogens is 1. The number of Topliss-reactive ketones (excluding diaryl/α,β-unsaturated/α-hetero) is 1. The molecule has 1 saturated heterocycles. The van der Waals surface area contributed by atoms with Gasteiger partial charge in [-0.2, -0.15) is 0 Å². The third-order valence-corrected chi connectivity index (χ3v) is 4.73. The van der Waals surface area contributed by atoms with Crippen molar-refractivity contribution in [3.8, 4) is 0 Å². The maximum Gasteiger partial charge on any atom is 0.186 e. The minimum atomic E-state index is 0.162. The smallest absolute Gasteiger partial charge is 0.186 e. The van der Waals surface area contributed by atoms with E-state index in [0.717, 1.165) is 11.4 Å². The van der Waals surface area contributed by atoms with Crippen LogP contribution in [0.5, 0.6) is 0 Å². The van der Waals surface area contributed by atoms with Gasteiger partial charge in [-0.25, -0.2) is 0 Å². The first-order chi connectivity index (χ1) is 8.56. The van der Waals surface area contributed by atoms with Gasteiger partial charge in [0.25, 0.3) is 0 Å². The van der Waals surface area contributed by atoms with Gasteiger partial charge in [0.05, 0.1) is 15.8 Å². The average molecular weight is 287 g/mol. The zero-order chi connectivity index (χ0) is 13.1. The fraction of sp³-hybridized carbons (Fsp3) is 0.615. The molecule has 1 unspecified atom stereocenters. The predicted octanol–water partition coefficient (Wildman–Crippen LogP) is 2.61. The lowest BCUT2D eigenvalue weighted by Crippen LogP contribution is -2.38. The van der Waals surface area contributed by atoms with Gasteiger partial charge in [0, 0.05) is 12.6 Å². The molecule has 1 fully saturated rings. The molecule has 0 aromatic carbocycles. The van der Waals surface area contributed by atoms with Crippen molar-refractivity contribution in [1.29, 1.82) is 0 Å². The quantitative estimate of drug-likeness (QED) is 0.778. The fourth-order valence-electron chi connectivity index (χ4n) is 2.42. The highest BCUT2D eigenvalue weighted by Gasteiger charge is 2.23. The van der Waals surface area contributed by atoms with Crippen LogP contribution in [0.1, 0.15) is 22.5 Å². The Morgan fingerprint density at radius 2 is 2.39 bits per heavy atom. The van der Waals surface area contributed by atoms with Crippen LogP contribution in [-0.4, -0.2) is 55.4 Å². The van der Waals surface area contributed by atoms with Crippen LogP contribution in [0.2, 0.25) is 4.34 Å². The van der Waals surface area contributed by atoms with E-state index in [1.807, 2.05) is 13.1 Å². The number of hydrogen-bond donors (Lipinski definition) is 0. The molecule has 100 valence electrons. The van der Waals surface area contributed by atoms with E-state index in [2.05, 4.69) is 16.8 Å². The van der Waals surface area contributed by atoms with Crippen molar-refractivity contribution in [3.63, 3.8) is 0 Å². The molecule has 1 atom stereocenters. The maximum absolute atomic E-state index is 12.0. The summed E-state index contributed by atoms with van der Waals surface area (Å²) in [6, 6.07) is 4.18. The fourth-order valence-corrected chi connectivity index (χ4v) is 3.39. The molecule has 1 aromatic rings. The second-order valence-corrected chi connectivity index (χ2v) is 6.72. The first kappa shape index (κ1) is 14.0. The Balaban J connectivity index is 1.83. The highest BCUT2D eigenvalue weighted by Crippen LogP contribution is 2.22. The zero-order valence-electron chi connectivity index (χ0n) is 10.9. The lowest BCUT2D eigenvalue weighted by Gasteiger charge is -2.25. The van der Waals surface area contributed by atoms with Crippen molar-refractivity contribution in [2.24, 2.45) is 0 Å². The van der Waals surface area contributed by atoms with Gasteiger partial charge >= 0.3 is 0 Å². The Bertz CT molecular complexity index is 421. The van der Waals surface area contributed by atoms with E-state index < -0.39 is 0 Å². The van der Waals surface area contributed by atoms with E-state index in [9.17, 15) is 4.79 Å². The Morgan fingerprint density at radius 1 is 1.61 bits per heavy atom. The van der Waals surface area contributed by atoms with Crippen molar-refractivity contribution < 1.29 is 4.79 Å². The number of rotatable bonds is 5. The number of hydrogen-bond acceptors (Lipinski definition) is 4. The Hall–Kier alpha value is -0.420. The van der Waals surface area contributed by atoms with Crippen molar-refractivity contribution >= 4 is 28.7 Å². The van der Waals surface area contributed by atoms with Crippen LogP contribution < -0.4 is 0 Å². The second kappa shape index (κ2) is 6.15. The summed E-state index contributed by atoms with van der Waals surface area (Å²) >= 11 is 7.20. The summed E-state index contributed by atoms with van der Waals surface area (Å²) in [4.78, 5) is 17.3. The highest BCUT2D eigenvalue weighted by molar-refractivity contribution is 7.18. The molecule has 0 aliphatic carbocycles. The molecular formula is C13H19ClN2OS. The first-order valence-corrected chi connectivity index (χ1v) is 7.43. The molecule has 0 radical (unpaired) electrons. The third kappa shape index (κ3) is 3.54. The normalized spacial score (nSPS) is 20.8. The SMILES string of the molecule is CN(CC(=O)c1ccc(Cl)s1)CC1CCCN1C. The van der Waals surface area contributed by atoms with E-state index in [1.54, 1.807) is 6.07 Å². The minimum Gasteiger partial charge on any atom is -0.302 e. The van der Waals surface area contributed by atoms with E-state index in [-0.39, 0.29) is 5.78 Å². The second-order valence-electron chi connectivity index (χ2n) is 5.00. The van der Waals surface area contributed by atoms with Gasteiger partial charge in [-0.3, -0.25) is 9.69 Å². The monoisotopic (exact) mass is 286 g/mol. The van der Waals surface area contributed by atoms with E-state index in [1.165, 1.54) is 30.7 Å². The van der Waals surface area contributed by atoms with Gasteiger partial charge < -0.3 is 4.90 Å². The maximum atomic E-state index is 12.0. The molecule has 1 aliphatic rings. The standard InChI is InChI=1S/C13H19ClN2OS/c1-15(8-10-4-3-7-16(10)2)9-11(17)12-5-6-13(14)18-12/h5-6,10H,3-4,7-9H2,1-2H3. The van der Waals surface area contributed by atoms with Crippen LogP contribution in [0.15, 0.2) is 12.1 Å². The summed E-state index contributed by atoms with van der Waals surface area (Å²) in [7, 11) is 4.17. The van der Waals surface area contributed by atoms with E-state index >= 15 is 0 Å². The lowest BCUT2D eigenvalue weighted by molar-refractivity contribution is 0.0936. The van der Waals surface area contributed by atoms with Crippen LogP contribution >= 0.6 is 22.9 Å². The van der Waals surface area contributed by atoms with Crippen molar-refractivity contribution in [2.75, 3.05) is 33.7 Å². The first-order valence-electron chi connectivity index (χ1n) is 6.23. The molecule has 0 bridgehead atoms. The van der Waals surface area contributed by atoms with Gasteiger partial charge in [0.2, 0.25) is 0 Å². The van der Waals surface area contributed by atoms with Gasteiger partial charge in [-0.15, -0.1) is 11.3 Å². The molecule has 5 heteroatoms. The molecule has 0 saturated carbocycles. The Kier molecular flexibility index (Phi) is 4.78. The molecule has 0 spiro atoms. The van der Waals surface area contributed by atoms with E-state index in [0.29, 0.717) is 16.9 Å². The van der Waals surface area contributed by atoms with Gasteiger partial charge in [-0.1, -0.05) is 11.6 Å². The Labute approximate surface area is 117 Å². The van der Waals surface area contributed by atoms with Crippen molar-refractivity contribution in [3.05, 3.63) is 21.3 Å². The molecule has 0 N–H and O–H groups in total. The topological polar surface area (TPSA) is 23.6 Å². The summed E-state index contributed by atoms with van der Waals surface area (Å²) in [6.07, 6.45) is 2.50. The van der Waals surface area contributed by atoms with Crippen LogP contribution in [0, 0.1) is 0 Å². The van der Waals surface area contributed by atoms with Crippen LogP contribution in [0.3, 0.4) is 0 Å². The number of carbonyl (C=O) groups excluding carboxylic acids is 1. The molecular weight excluding hydrogens is 268 g/mol. The molecule has 18 heavy (non-hydrogen) atoms. The predicted molar refractivity (Wildman–Crippen MR) is 76.8 cm³/mol. The number of nitrogens with zero attached hydrogens (tertiary/aromatic N) is 2. The molecule has 2 rings (SSSR count). The molecule has 1 aliphatic heterocycles. The van der Waals surface area contributed by atoms with Gasteiger partial charge in [0.1, 0.15) is 0 Å². The molecule has 2 heterocycles. The summed E-state index contributed by atoms with van der Waals surface area (Å²) in [6.45, 7) is 2.61. The average Bonchev–Trinajstić information content (AvgIpc) is 2.89. The summed E-state index contributed by atoms with van der Waals surface area (Å²) in [5, 5.41) is 0. The highest BCUT2D eigenvalue weighted by atomic mass is 35.5. The minimum absolute atomic E-state index is 0.162. The van der Waals surface area contributed by atoms with Gasteiger partial charge in [0.15, 0.2) is 5.78 Å². The number of carbonyl (C=O) groups is 1. The van der Waals surface area contributed by atoms with Crippen molar-refractivity contribution in [2.45, 2.75) is 18.9 Å². The van der Waals surface area contributed by atoms with Crippen LogP contribution in [-0.2, 0) is 0 Å². The zero-order valence-corrected chi connectivity index (χ0v) is 12.4. The lowest BCUT2D eigenvalue weighted by atomic mass is 10.2. The summed E-state index contributed by atoms with van der Waals surface area (Å²) < 4.78 is 0.677. The van der Waals surface area contributed by atoms with Crippen LogP contribution in [0.25, 0.3) is 0 Å². The summed E-state index contributed by atoms with van der Waals surface area (Å²) in [5.41, 5.74) is 0. The Morgan fingerprint density at radius 3 is 2.94 bits per heavy atom. The molecule has 1 aromatic heterocycles. The van der Waals surface area contributed by atoms with Crippen molar-refractivity contribution in [1.82, 2.24) is 9.80 Å². The molecule has 0 amide bonds. The largest absolute Gasteiger partial charge is 0.302 e. The summed E-state index contributed by atoms with van der Waals surface area (Å²) in [5.74, 6) is 0.162. The van der Waals surface area contributed by atoms with Gasteiger partial charge in [-0.05, 0) is 45.6 Å². The number of ketones is 1. The molecule has 3 nitrogen and oxygen atoms in total. The third-order valence-electron chi connectivity index (χ3n) is 3.46. The van der Waals surface area contributed by atoms with E-state index in [4.69, 9.17) is 11.6 Å². The number of likely N-dealkylation sites (N-methyl/N-ethyl adjacent to an activating group) is 2. The number of likely N-dealkylation sites (tertiary alicyclic amines) is 1.